The minimum atomic E-state index is -2.85. The van der Waals surface area contributed by atoms with Crippen LogP contribution in [0.25, 0.3) is 11.0 Å². The monoisotopic (exact) mass is 348 g/mol. The first-order chi connectivity index (χ1) is 11.6. The number of rotatable bonds is 4. The van der Waals surface area contributed by atoms with Crippen molar-refractivity contribution in [2.24, 2.45) is 5.92 Å². The van der Waals surface area contributed by atoms with Crippen LogP contribution < -0.4 is 0 Å². The topological polar surface area (TPSA) is 61.2 Å². The Kier molecular flexibility index (Phi) is 4.35. The molecule has 4 rings (SSSR count). The van der Waals surface area contributed by atoms with E-state index in [1.54, 1.807) is 0 Å². The lowest BCUT2D eigenvalue weighted by Crippen LogP contribution is -2.25. The van der Waals surface area contributed by atoms with Gasteiger partial charge in [-0.1, -0.05) is 12.1 Å². The predicted molar refractivity (Wildman–Crippen MR) is 93.8 cm³/mol. The first-order valence-corrected chi connectivity index (χ1v) is 10.7. The summed E-state index contributed by atoms with van der Waals surface area (Å²) in [5.41, 5.74) is 2.12. The third kappa shape index (κ3) is 3.35. The Balaban J connectivity index is 1.62. The Morgan fingerprint density at radius 1 is 1.21 bits per heavy atom. The number of nitrogens with zero attached hydrogens (tertiary/aromatic N) is 2. The van der Waals surface area contributed by atoms with E-state index in [2.05, 4.69) is 10.6 Å². The predicted octanol–water partition coefficient (Wildman–Crippen LogP) is 2.58. The van der Waals surface area contributed by atoms with Gasteiger partial charge in [0.25, 0.3) is 0 Å². The summed E-state index contributed by atoms with van der Waals surface area (Å²) in [6.07, 6.45) is 5.18. The van der Waals surface area contributed by atoms with Crippen molar-refractivity contribution in [3.63, 3.8) is 0 Å². The average Bonchev–Trinajstić information content (AvgIpc) is 3.09. The summed E-state index contributed by atoms with van der Waals surface area (Å²) in [6.45, 7) is 1.66. The molecule has 3 heterocycles. The maximum Gasteiger partial charge on any atom is 0.150 e. The second-order valence-corrected chi connectivity index (χ2v) is 9.32. The molecule has 6 heteroatoms. The Hall–Kier alpha value is -1.40. The van der Waals surface area contributed by atoms with E-state index in [0.29, 0.717) is 11.5 Å². The molecule has 0 saturated carbocycles. The van der Waals surface area contributed by atoms with Crippen LogP contribution in [0.1, 0.15) is 31.5 Å². The van der Waals surface area contributed by atoms with Crippen LogP contribution in [-0.4, -0.2) is 42.2 Å². The summed E-state index contributed by atoms with van der Waals surface area (Å²) < 4.78 is 31.7. The van der Waals surface area contributed by atoms with E-state index in [4.69, 9.17) is 9.72 Å². The highest BCUT2D eigenvalue weighted by Crippen LogP contribution is 2.26. The van der Waals surface area contributed by atoms with Crippen molar-refractivity contribution in [3.8, 4) is 0 Å². The minimum Gasteiger partial charge on any atom is -0.376 e. The molecular formula is C18H24N2O3S. The van der Waals surface area contributed by atoms with Crippen molar-refractivity contribution in [1.82, 2.24) is 9.55 Å². The molecule has 1 aromatic carbocycles. The molecule has 2 fully saturated rings. The molecule has 0 amide bonds. The fraction of sp³-hybridized carbons (Fsp3) is 0.611. The van der Waals surface area contributed by atoms with Crippen LogP contribution in [0.2, 0.25) is 0 Å². The summed E-state index contributed by atoms with van der Waals surface area (Å²) in [5.74, 6) is 1.82. The number of ether oxygens (including phenoxy) is 1. The third-order valence-corrected chi connectivity index (χ3v) is 7.03. The highest BCUT2D eigenvalue weighted by Gasteiger charge is 2.29. The molecule has 2 atom stereocenters. The molecule has 0 spiro atoms. The molecule has 0 bridgehead atoms. The zero-order valence-electron chi connectivity index (χ0n) is 13.9. The molecular weight excluding hydrogens is 324 g/mol. The van der Waals surface area contributed by atoms with E-state index >= 15 is 0 Å². The van der Waals surface area contributed by atoms with Crippen LogP contribution >= 0.6 is 0 Å². The number of para-hydroxylation sites is 2. The molecule has 2 aliphatic heterocycles. The van der Waals surface area contributed by atoms with Crippen molar-refractivity contribution in [2.75, 3.05) is 18.1 Å². The van der Waals surface area contributed by atoms with Gasteiger partial charge in [0.15, 0.2) is 9.84 Å². The van der Waals surface area contributed by atoms with Gasteiger partial charge in [-0.15, -0.1) is 0 Å². The average molecular weight is 348 g/mol. The van der Waals surface area contributed by atoms with Gasteiger partial charge in [0.05, 0.1) is 35.2 Å². The number of hydrogen-bond acceptors (Lipinski definition) is 4. The summed E-state index contributed by atoms with van der Waals surface area (Å²) in [7, 11) is -2.85. The van der Waals surface area contributed by atoms with Crippen molar-refractivity contribution >= 4 is 20.9 Å². The lowest BCUT2D eigenvalue weighted by Gasteiger charge is -2.24. The van der Waals surface area contributed by atoms with Gasteiger partial charge in [-0.2, -0.15) is 0 Å². The summed E-state index contributed by atoms with van der Waals surface area (Å²) in [4.78, 5) is 4.80. The minimum absolute atomic E-state index is 0.192. The van der Waals surface area contributed by atoms with Crippen molar-refractivity contribution in [3.05, 3.63) is 30.1 Å². The largest absolute Gasteiger partial charge is 0.376 e. The van der Waals surface area contributed by atoms with Gasteiger partial charge < -0.3 is 9.30 Å². The first-order valence-electron chi connectivity index (χ1n) is 8.87. The van der Waals surface area contributed by atoms with Crippen LogP contribution in [-0.2, 0) is 27.5 Å². The van der Waals surface area contributed by atoms with Gasteiger partial charge in [-0.05, 0) is 43.7 Å². The lowest BCUT2D eigenvalue weighted by atomic mass is 10.0. The molecule has 0 N–H and O–H groups in total. The molecule has 130 valence electrons. The van der Waals surface area contributed by atoms with E-state index in [0.717, 1.165) is 55.7 Å². The van der Waals surface area contributed by atoms with Crippen molar-refractivity contribution < 1.29 is 13.2 Å². The first kappa shape index (κ1) is 16.1. The third-order valence-electron chi connectivity index (χ3n) is 5.19. The van der Waals surface area contributed by atoms with Gasteiger partial charge in [0.1, 0.15) is 5.82 Å². The Bertz CT molecular complexity index is 822. The van der Waals surface area contributed by atoms with Gasteiger partial charge in [-0.3, -0.25) is 0 Å². The highest BCUT2D eigenvalue weighted by atomic mass is 32.2. The molecule has 1 aromatic heterocycles. The van der Waals surface area contributed by atoms with E-state index in [-0.39, 0.29) is 12.0 Å². The summed E-state index contributed by atoms with van der Waals surface area (Å²) in [5, 5.41) is 0. The number of imidazole rings is 1. The number of sulfone groups is 1. The van der Waals surface area contributed by atoms with E-state index < -0.39 is 9.84 Å². The zero-order chi connectivity index (χ0) is 16.6. The fourth-order valence-electron chi connectivity index (χ4n) is 3.93. The van der Waals surface area contributed by atoms with E-state index in [1.807, 2.05) is 18.2 Å². The number of fused-ring (bicyclic) bond motifs is 1. The van der Waals surface area contributed by atoms with Crippen LogP contribution in [0, 0.1) is 5.92 Å². The molecule has 2 unspecified atom stereocenters. The van der Waals surface area contributed by atoms with E-state index in [9.17, 15) is 8.42 Å². The lowest BCUT2D eigenvalue weighted by molar-refractivity contribution is 0.00612. The maximum atomic E-state index is 11.8. The molecule has 2 aromatic rings. The van der Waals surface area contributed by atoms with Gasteiger partial charge >= 0.3 is 0 Å². The molecule has 0 aliphatic carbocycles. The Labute approximate surface area is 142 Å². The van der Waals surface area contributed by atoms with E-state index in [1.165, 1.54) is 6.42 Å². The Morgan fingerprint density at radius 2 is 2.08 bits per heavy atom. The molecule has 2 saturated heterocycles. The second-order valence-electron chi connectivity index (χ2n) is 7.09. The number of benzene rings is 1. The molecule has 0 radical (unpaired) electrons. The van der Waals surface area contributed by atoms with Gasteiger partial charge in [0.2, 0.25) is 0 Å². The van der Waals surface area contributed by atoms with Crippen molar-refractivity contribution in [1.29, 1.82) is 0 Å². The maximum absolute atomic E-state index is 11.8. The van der Waals surface area contributed by atoms with Crippen LogP contribution in [0.4, 0.5) is 0 Å². The van der Waals surface area contributed by atoms with Gasteiger partial charge in [-0.25, -0.2) is 13.4 Å². The Morgan fingerprint density at radius 3 is 2.83 bits per heavy atom. The molecule has 2 aliphatic rings. The standard InChI is InChI=1S/C18H24N2O3S/c21-24(22)10-8-14(13-24)11-18-19-16-6-1-2-7-17(16)20(18)12-15-5-3-4-9-23-15/h1-2,6-7,14-15H,3-5,8-13H2. The smallest absolute Gasteiger partial charge is 0.150 e. The van der Waals surface area contributed by atoms with Crippen LogP contribution in [0.3, 0.4) is 0 Å². The second kappa shape index (κ2) is 6.48. The number of aromatic nitrogens is 2. The summed E-state index contributed by atoms with van der Waals surface area (Å²) in [6, 6.07) is 8.16. The molecule has 24 heavy (non-hydrogen) atoms. The number of hydrogen-bond donors (Lipinski definition) is 0. The van der Waals surface area contributed by atoms with Crippen molar-refractivity contribution in [2.45, 2.75) is 44.8 Å². The summed E-state index contributed by atoms with van der Waals surface area (Å²) >= 11 is 0. The molecule has 5 nitrogen and oxygen atoms in total. The van der Waals surface area contributed by atoms with Gasteiger partial charge in [0, 0.05) is 13.0 Å². The zero-order valence-corrected chi connectivity index (χ0v) is 14.7. The highest BCUT2D eigenvalue weighted by molar-refractivity contribution is 7.91. The normalized spacial score (nSPS) is 26.8. The van der Waals surface area contributed by atoms with Crippen LogP contribution in [0.5, 0.6) is 0 Å². The van der Waals surface area contributed by atoms with Crippen LogP contribution in [0.15, 0.2) is 24.3 Å². The quantitative estimate of drug-likeness (QED) is 0.852. The fourth-order valence-corrected chi connectivity index (χ4v) is 5.79. The SMILES string of the molecule is O=S1(=O)CCC(Cc2nc3ccccc3n2CC2CCCCO2)C1.